The fourth-order valence-electron chi connectivity index (χ4n) is 2.43. The van der Waals surface area contributed by atoms with E-state index < -0.39 is 10.0 Å². The molecule has 0 amide bonds. The minimum Gasteiger partial charge on any atom is -0.398 e. The highest BCUT2D eigenvalue weighted by Gasteiger charge is 2.27. The largest absolute Gasteiger partial charge is 0.398 e. The van der Waals surface area contributed by atoms with Crippen LogP contribution in [0.5, 0.6) is 0 Å². The van der Waals surface area contributed by atoms with Gasteiger partial charge in [-0.25, -0.2) is 13.1 Å². The van der Waals surface area contributed by atoms with Gasteiger partial charge in [0.2, 0.25) is 10.0 Å². The summed E-state index contributed by atoms with van der Waals surface area (Å²) in [6, 6.07) is 2.93. The Morgan fingerprint density at radius 2 is 2.05 bits per heavy atom. The van der Waals surface area contributed by atoms with Crippen LogP contribution in [-0.4, -0.2) is 14.5 Å². The van der Waals surface area contributed by atoms with E-state index in [0.717, 1.165) is 19.3 Å². The first kappa shape index (κ1) is 14.6. The van der Waals surface area contributed by atoms with Gasteiger partial charge in [0.1, 0.15) is 0 Å². The number of sulfonamides is 1. The molecule has 0 aromatic heterocycles. The van der Waals surface area contributed by atoms with Crippen LogP contribution in [0.2, 0.25) is 5.02 Å². The number of nitrogens with two attached hydrogens (primary N) is 1. The van der Waals surface area contributed by atoms with Crippen molar-refractivity contribution in [3.05, 3.63) is 22.7 Å². The third kappa shape index (κ3) is 3.22. The molecule has 0 radical (unpaired) electrons. The normalized spacial score (nSPS) is 23.7. The number of benzene rings is 1. The molecule has 0 heterocycles. The smallest absolute Gasteiger partial charge is 0.240 e. The summed E-state index contributed by atoms with van der Waals surface area (Å²) in [5.74, 6) is 0.569. The lowest BCUT2D eigenvalue weighted by atomic mass is 10.1. The second-order valence-electron chi connectivity index (χ2n) is 5.36. The van der Waals surface area contributed by atoms with Crippen molar-refractivity contribution in [2.24, 2.45) is 5.92 Å². The summed E-state index contributed by atoms with van der Waals surface area (Å²) in [4.78, 5) is 0.139. The summed E-state index contributed by atoms with van der Waals surface area (Å²) in [6.07, 6.45) is 2.83. The Hall–Kier alpha value is -0.780. The number of halogens is 1. The molecule has 2 atom stereocenters. The topological polar surface area (TPSA) is 72.2 Å². The van der Waals surface area contributed by atoms with Gasteiger partial charge in [0.05, 0.1) is 4.90 Å². The van der Waals surface area contributed by atoms with Gasteiger partial charge in [0, 0.05) is 16.8 Å². The molecule has 106 valence electrons. The van der Waals surface area contributed by atoms with Crippen molar-refractivity contribution >= 4 is 27.3 Å². The van der Waals surface area contributed by atoms with Crippen LogP contribution < -0.4 is 10.5 Å². The van der Waals surface area contributed by atoms with Crippen molar-refractivity contribution in [1.29, 1.82) is 0 Å². The Balaban J connectivity index is 2.25. The molecule has 1 aliphatic rings. The molecule has 1 aliphatic carbocycles. The second-order valence-corrected chi connectivity index (χ2v) is 7.48. The zero-order valence-electron chi connectivity index (χ0n) is 11.1. The minimum atomic E-state index is -3.54. The zero-order chi connectivity index (χ0) is 14.2. The van der Waals surface area contributed by atoms with E-state index >= 15 is 0 Å². The summed E-state index contributed by atoms with van der Waals surface area (Å²) in [7, 11) is -3.54. The predicted octanol–water partition coefficient (Wildman–Crippen LogP) is 2.70. The van der Waals surface area contributed by atoms with Crippen molar-refractivity contribution < 1.29 is 8.42 Å². The molecule has 3 N–H and O–H groups in total. The van der Waals surface area contributed by atoms with Crippen LogP contribution in [0, 0.1) is 12.8 Å². The van der Waals surface area contributed by atoms with Gasteiger partial charge >= 0.3 is 0 Å². The molecule has 2 unspecified atom stereocenters. The maximum absolute atomic E-state index is 12.3. The Morgan fingerprint density at radius 1 is 1.37 bits per heavy atom. The molecule has 1 aromatic rings. The quantitative estimate of drug-likeness (QED) is 0.843. The van der Waals surface area contributed by atoms with E-state index in [1.165, 1.54) is 12.1 Å². The van der Waals surface area contributed by atoms with Gasteiger partial charge in [0.15, 0.2) is 0 Å². The van der Waals surface area contributed by atoms with Gasteiger partial charge in [-0.1, -0.05) is 18.5 Å². The maximum Gasteiger partial charge on any atom is 0.240 e. The monoisotopic (exact) mass is 302 g/mol. The summed E-state index contributed by atoms with van der Waals surface area (Å²) < 4.78 is 27.3. The average Bonchev–Trinajstić information content (AvgIpc) is 2.70. The molecule has 0 aliphatic heterocycles. The van der Waals surface area contributed by atoms with E-state index in [1.54, 1.807) is 6.92 Å². The highest BCUT2D eigenvalue weighted by molar-refractivity contribution is 7.89. The summed E-state index contributed by atoms with van der Waals surface area (Å²) in [5.41, 5.74) is 6.87. The Morgan fingerprint density at radius 3 is 2.58 bits per heavy atom. The van der Waals surface area contributed by atoms with E-state index in [-0.39, 0.29) is 10.9 Å². The molecule has 1 aromatic carbocycles. The Bertz CT molecular complexity index is 563. The van der Waals surface area contributed by atoms with Gasteiger partial charge in [-0.15, -0.1) is 0 Å². The molecule has 0 spiro atoms. The lowest BCUT2D eigenvalue weighted by molar-refractivity contribution is 0.538. The third-order valence-electron chi connectivity index (χ3n) is 3.68. The maximum atomic E-state index is 12.3. The lowest BCUT2D eigenvalue weighted by Crippen LogP contribution is -2.33. The predicted molar refractivity (Wildman–Crippen MR) is 77.7 cm³/mol. The third-order valence-corrected chi connectivity index (χ3v) is 5.58. The highest BCUT2D eigenvalue weighted by Crippen LogP contribution is 2.28. The van der Waals surface area contributed by atoms with E-state index in [0.29, 0.717) is 22.2 Å². The van der Waals surface area contributed by atoms with Crippen LogP contribution in [0.3, 0.4) is 0 Å². The van der Waals surface area contributed by atoms with Crippen LogP contribution in [0.1, 0.15) is 31.7 Å². The zero-order valence-corrected chi connectivity index (χ0v) is 12.7. The van der Waals surface area contributed by atoms with Crippen LogP contribution in [0.25, 0.3) is 0 Å². The van der Waals surface area contributed by atoms with Crippen LogP contribution in [0.4, 0.5) is 5.69 Å². The van der Waals surface area contributed by atoms with Crippen LogP contribution in [0.15, 0.2) is 17.0 Å². The highest BCUT2D eigenvalue weighted by atomic mass is 35.5. The van der Waals surface area contributed by atoms with Crippen LogP contribution in [-0.2, 0) is 10.0 Å². The van der Waals surface area contributed by atoms with Gasteiger partial charge in [0.25, 0.3) is 0 Å². The molecule has 4 nitrogen and oxygen atoms in total. The molecule has 1 saturated carbocycles. The van der Waals surface area contributed by atoms with Gasteiger partial charge < -0.3 is 5.73 Å². The fraction of sp³-hybridized carbons (Fsp3) is 0.538. The number of hydrogen-bond donors (Lipinski definition) is 2. The summed E-state index contributed by atoms with van der Waals surface area (Å²) in [6.45, 7) is 3.90. The second kappa shape index (κ2) is 5.31. The van der Waals surface area contributed by atoms with Gasteiger partial charge in [-0.3, -0.25) is 0 Å². The molecule has 2 rings (SSSR count). The van der Waals surface area contributed by atoms with Crippen molar-refractivity contribution in [1.82, 2.24) is 4.72 Å². The molecule has 0 saturated heterocycles. The Kier molecular flexibility index (Phi) is 4.08. The molecular weight excluding hydrogens is 284 g/mol. The number of rotatable bonds is 3. The van der Waals surface area contributed by atoms with E-state index in [1.807, 2.05) is 0 Å². The molecule has 6 heteroatoms. The SMILES string of the molecule is Cc1c(N)cc(S(=O)(=O)NC2CCC(C)C2)cc1Cl. The standard InChI is InChI=1S/C13H19ClN2O2S/c1-8-3-4-10(5-8)16-19(17,18)11-6-12(14)9(2)13(15)7-11/h6-8,10,16H,3-5,15H2,1-2H3. The first-order chi connectivity index (χ1) is 8.79. The van der Waals surface area contributed by atoms with E-state index in [4.69, 9.17) is 17.3 Å². The van der Waals surface area contributed by atoms with Gasteiger partial charge in [-0.2, -0.15) is 0 Å². The molecular formula is C13H19ClN2O2S. The van der Waals surface area contributed by atoms with Crippen molar-refractivity contribution in [3.8, 4) is 0 Å². The number of hydrogen-bond acceptors (Lipinski definition) is 3. The van der Waals surface area contributed by atoms with Crippen molar-refractivity contribution in [2.45, 2.75) is 44.0 Å². The van der Waals surface area contributed by atoms with E-state index in [2.05, 4.69) is 11.6 Å². The first-order valence-electron chi connectivity index (χ1n) is 6.37. The molecule has 1 fully saturated rings. The summed E-state index contributed by atoms with van der Waals surface area (Å²) in [5, 5.41) is 0.375. The molecule has 0 bridgehead atoms. The Labute approximate surface area is 119 Å². The first-order valence-corrected chi connectivity index (χ1v) is 8.23. The number of nitrogen functional groups attached to an aromatic ring is 1. The number of nitrogens with one attached hydrogen (secondary N) is 1. The van der Waals surface area contributed by atoms with Crippen molar-refractivity contribution in [3.63, 3.8) is 0 Å². The average molecular weight is 303 g/mol. The minimum absolute atomic E-state index is 0.0151. The van der Waals surface area contributed by atoms with E-state index in [9.17, 15) is 8.42 Å². The van der Waals surface area contributed by atoms with Gasteiger partial charge in [-0.05, 0) is 49.8 Å². The lowest BCUT2D eigenvalue weighted by Gasteiger charge is -2.14. The van der Waals surface area contributed by atoms with Crippen LogP contribution >= 0.6 is 11.6 Å². The summed E-state index contributed by atoms with van der Waals surface area (Å²) >= 11 is 5.99. The molecule has 19 heavy (non-hydrogen) atoms. The van der Waals surface area contributed by atoms with Crippen molar-refractivity contribution in [2.75, 3.05) is 5.73 Å². The number of anilines is 1. The fourth-order valence-corrected chi connectivity index (χ4v) is 4.07.